The second kappa shape index (κ2) is 11.0. The molecule has 2 heterocycles. The first-order chi connectivity index (χ1) is 16.9. The van der Waals surface area contributed by atoms with Crippen LogP contribution in [0.3, 0.4) is 0 Å². The highest BCUT2D eigenvalue weighted by molar-refractivity contribution is 5.91. The van der Waals surface area contributed by atoms with Gasteiger partial charge in [0.2, 0.25) is 0 Å². The van der Waals surface area contributed by atoms with Crippen molar-refractivity contribution in [2.45, 2.75) is 69.6 Å². The molecule has 35 heavy (non-hydrogen) atoms. The summed E-state index contributed by atoms with van der Waals surface area (Å²) < 4.78 is 13.3. The number of rotatable bonds is 11. The smallest absolute Gasteiger partial charge is 0.309 e. The van der Waals surface area contributed by atoms with Crippen LogP contribution in [0.1, 0.15) is 61.4 Å². The van der Waals surface area contributed by atoms with Gasteiger partial charge in [0.25, 0.3) is 0 Å². The predicted octanol–water partition coefficient (Wildman–Crippen LogP) is 2.27. The Hall–Kier alpha value is -1.99. The fraction of sp³-hybridized carbons (Fsp3) is 0.808. The van der Waals surface area contributed by atoms with Gasteiger partial charge in [0.1, 0.15) is 0 Å². The molecule has 2 fully saturated rings. The molecule has 4 rings (SSSR count). The number of nitrogens with zero attached hydrogens (tertiary/aromatic N) is 5. The van der Waals surface area contributed by atoms with Gasteiger partial charge < -0.3 is 19.7 Å². The number of amides is 1. The molecule has 0 atom stereocenters. The molecule has 9 nitrogen and oxygen atoms in total. The lowest BCUT2D eigenvalue weighted by Gasteiger charge is -2.40. The molecular formula is C26H42N6O3. The largest absolute Gasteiger partial charge is 0.384 e. The minimum Gasteiger partial charge on any atom is -0.384 e. The Kier molecular flexibility index (Phi) is 8.16. The number of ether oxygens (including phenoxy) is 2. The average Bonchev–Trinajstić information content (AvgIpc) is 3.58. The zero-order valence-electron chi connectivity index (χ0n) is 21.9. The third-order valence-corrected chi connectivity index (χ3v) is 8.24. The van der Waals surface area contributed by atoms with E-state index in [1.165, 1.54) is 11.3 Å². The minimum absolute atomic E-state index is 0.0152. The number of likely N-dealkylation sites (N-methyl/N-ethyl adjacent to an activating group) is 2. The molecule has 1 amide bonds. The summed E-state index contributed by atoms with van der Waals surface area (Å²) in [6, 6.07) is 0. The van der Waals surface area contributed by atoms with Crippen LogP contribution in [-0.4, -0.2) is 92.2 Å². The van der Waals surface area contributed by atoms with Crippen LogP contribution in [0, 0.1) is 12.0 Å². The topological polar surface area (TPSA) is 76.2 Å². The number of methoxy groups -OCH3 is 2. The lowest BCUT2D eigenvalue weighted by atomic mass is 9.69. The number of carbonyl (C=O) groups excluding carboxylic acids is 1. The summed E-state index contributed by atoms with van der Waals surface area (Å²) in [6.07, 6.45) is 5.65. The summed E-state index contributed by atoms with van der Waals surface area (Å²) in [5.41, 5.74) is 2.96. The van der Waals surface area contributed by atoms with Gasteiger partial charge in [-0.1, -0.05) is 0 Å². The molecule has 0 aromatic carbocycles. The Morgan fingerprint density at radius 2 is 1.89 bits per heavy atom. The van der Waals surface area contributed by atoms with Crippen molar-refractivity contribution in [1.82, 2.24) is 24.9 Å². The molecule has 9 heteroatoms. The van der Waals surface area contributed by atoms with Crippen molar-refractivity contribution in [3.63, 3.8) is 0 Å². The van der Waals surface area contributed by atoms with Crippen molar-refractivity contribution < 1.29 is 14.3 Å². The van der Waals surface area contributed by atoms with Crippen LogP contribution in [0.5, 0.6) is 0 Å². The van der Waals surface area contributed by atoms with Crippen molar-refractivity contribution in [2.24, 2.45) is 5.41 Å². The second-order valence-corrected chi connectivity index (χ2v) is 10.9. The van der Waals surface area contributed by atoms with E-state index in [2.05, 4.69) is 26.8 Å². The van der Waals surface area contributed by atoms with Crippen molar-refractivity contribution in [1.29, 1.82) is 0 Å². The van der Waals surface area contributed by atoms with Gasteiger partial charge in [-0.2, -0.15) is 5.10 Å². The Balaban J connectivity index is 1.59. The molecular weight excluding hydrogens is 444 g/mol. The van der Waals surface area contributed by atoms with Gasteiger partial charge in [-0.15, -0.1) is 0 Å². The first kappa shape index (κ1) is 26.1. The molecule has 0 radical (unpaired) electrons. The number of carbonyl (C=O) groups is 1. The molecule has 3 aliphatic rings. The zero-order chi connectivity index (χ0) is 25.1. The number of nitrogens with one attached hydrogen (secondary N) is 1. The van der Waals surface area contributed by atoms with E-state index in [0.29, 0.717) is 38.4 Å². The van der Waals surface area contributed by atoms with Crippen molar-refractivity contribution in [3.05, 3.63) is 28.4 Å². The summed E-state index contributed by atoms with van der Waals surface area (Å²) in [7, 11) is 7.67. The first-order valence-corrected chi connectivity index (χ1v) is 13.0. The van der Waals surface area contributed by atoms with E-state index in [0.717, 1.165) is 64.2 Å². The highest BCUT2D eigenvalue weighted by Gasteiger charge is 2.60. The van der Waals surface area contributed by atoms with Crippen molar-refractivity contribution in [2.75, 3.05) is 61.2 Å². The van der Waals surface area contributed by atoms with Crippen LogP contribution in [0.25, 0.3) is 4.85 Å². The van der Waals surface area contributed by atoms with Crippen LogP contribution in [0.15, 0.2) is 0 Å². The van der Waals surface area contributed by atoms with E-state index in [9.17, 15) is 4.79 Å². The highest BCUT2D eigenvalue weighted by atomic mass is 16.5. The summed E-state index contributed by atoms with van der Waals surface area (Å²) in [5.74, 6) is 0.431. The molecule has 0 saturated heterocycles. The zero-order valence-corrected chi connectivity index (χ0v) is 21.9. The van der Waals surface area contributed by atoms with Crippen LogP contribution in [0.2, 0.25) is 0 Å². The average molecular weight is 487 g/mol. The standard InChI is InChI=1S/C26H42N6O3/c1-27-12-13-30(3)16-21-23(20-6-8-25(9-7-20,18-34-4)19-35-5)22-17-31(14-15-32(22)29-21)24(33)26(28-2)10-11-26/h20,27H,6-19H2,1,3-5H3. The van der Waals surface area contributed by atoms with Crippen molar-refractivity contribution >= 4 is 5.91 Å². The molecule has 1 N–H and O–H groups in total. The monoisotopic (exact) mass is 486 g/mol. The summed E-state index contributed by atoms with van der Waals surface area (Å²) in [4.78, 5) is 21.1. The third-order valence-electron chi connectivity index (χ3n) is 8.24. The normalized spacial score (nSPS) is 21.1. The molecule has 2 aliphatic carbocycles. The molecule has 1 aromatic rings. The molecule has 1 aromatic heterocycles. The molecule has 0 bridgehead atoms. The predicted molar refractivity (Wildman–Crippen MR) is 134 cm³/mol. The molecule has 0 unspecified atom stereocenters. The fourth-order valence-electron chi connectivity index (χ4n) is 6.04. The molecule has 1 aliphatic heterocycles. The molecule has 2 saturated carbocycles. The number of fused-ring (bicyclic) bond motifs is 1. The fourth-order valence-corrected chi connectivity index (χ4v) is 6.04. The van der Waals surface area contributed by atoms with Gasteiger partial charge in [0, 0.05) is 64.2 Å². The van der Waals surface area contributed by atoms with Gasteiger partial charge in [0.05, 0.1) is 37.7 Å². The second-order valence-electron chi connectivity index (χ2n) is 10.9. The lowest BCUT2D eigenvalue weighted by molar-refractivity contribution is -0.134. The molecule has 0 spiro atoms. The van der Waals surface area contributed by atoms with Crippen molar-refractivity contribution in [3.8, 4) is 0 Å². The lowest BCUT2D eigenvalue weighted by Crippen LogP contribution is -2.44. The Labute approximate surface area is 209 Å². The first-order valence-electron chi connectivity index (χ1n) is 13.0. The Morgan fingerprint density at radius 3 is 2.46 bits per heavy atom. The number of hydrogen-bond acceptors (Lipinski definition) is 6. The van der Waals surface area contributed by atoms with Crippen LogP contribution >= 0.6 is 0 Å². The maximum absolute atomic E-state index is 13.2. The van der Waals surface area contributed by atoms with E-state index in [-0.39, 0.29) is 11.3 Å². The molecule has 194 valence electrons. The minimum atomic E-state index is -0.788. The van der Waals surface area contributed by atoms with Crippen LogP contribution < -0.4 is 5.32 Å². The van der Waals surface area contributed by atoms with E-state index < -0.39 is 5.54 Å². The Bertz CT molecular complexity index is 918. The summed E-state index contributed by atoms with van der Waals surface area (Å²) in [6.45, 7) is 13.6. The van der Waals surface area contributed by atoms with E-state index >= 15 is 0 Å². The highest BCUT2D eigenvalue weighted by Crippen LogP contribution is 2.46. The maximum atomic E-state index is 13.2. The van der Waals surface area contributed by atoms with Gasteiger partial charge in [-0.25, -0.2) is 6.57 Å². The summed E-state index contributed by atoms with van der Waals surface area (Å²) >= 11 is 0. The number of hydrogen-bond donors (Lipinski definition) is 1. The number of aromatic nitrogens is 2. The van der Waals surface area contributed by atoms with Gasteiger partial charge in [-0.3, -0.25) is 19.2 Å². The van der Waals surface area contributed by atoms with E-state index in [4.69, 9.17) is 21.1 Å². The van der Waals surface area contributed by atoms with Gasteiger partial charge in [0.15, 0.2) is 0 Å². The Morgan fingerprint density at radius 1 is 1.20 bits per heavy atom. The van der Waals surface area contributed by atoms with Crippen LogP contribution in [-0.2, 0) is 33.9 Å². The van der Waals surface area contributed by atoms with E-state index in [1.807, 2.05) is 11.9 Å². The van der Waals surface area contributed by atoms with Gasteiger partial charge in [-0.05, 0) is 45.7 Å². The van der Waals surface area contributed by atoms with Crippen LogP contribution in [0.4, 0.5) is 0 Å². The SMILES string of the molecule is [C-]#[N+]C1(C(=O)N2CCn3nc(CN(C)CCNC)c(C4CCC(COC)(COC)CC4)c3C2)CC1. The van der Waals surface area contributed by atoms with Gasteiger partial charge >= 0.3 is 11.4 Å². The maximum Gasteiger partial charge on any atom is 0.309 e. The summed E-state index contributed by atoms with van der Waals surface area (Å²) in [5, 5.41) is 8.31. The quantitative estimate of drug-likeness (QED) is 0.484. The van der Waals surface area contributed by atoms with E-state index in [1.54, 1.807) is 14.2 Å². The third kappa shape index (κ3) is 5.41.